The van der Waals surface area contributed by atoms with Gasteiger partial charge < -0.3 is 10.5 Å². The van der Waals surface area contributed by atoms with Crippen molar-refractivity contribution in [2.45, 2.75) is 20.0 Å². The summed E-state index contributed by atoms with van der Waals surface area (Å²) in [6, 6.07) is 16.2. The summed E-state index contributed by atoms with van der Waals surface area (Å²) in [5.41, 5.74) is 9.33. The summed E-state index contributed by atoms with van der Waals surface area (Å²) in [6.45, 7) is 4.63. The standard InChI is InChI=1S/C16H19NO/c1-12-7-6-10-15(13(12)2)18-16(11-17)14-8-4-3-5-9-14/h3-10,16H,11,17H2,1-2H3. The van der Waals surface area contributed by atoms with Gasteiger partial charge in [0.25, 0.3) is 0 Å². The van der Waals surface area contributed by atoms with E-state index in [1.807, 2.05) is 42.5 Å². The minimum Gasteiger partial charge on any atom is -0.484 e. The van der Waals surface area contributed by atoms with Crippen molar-refractivity contribution in [3.8, 4) is 5.75 Å². The molecule has 0 amide bonds. The zero-order valence-corrected chi connectivity index (χ0v) is 10.9. The van der Waals surface area contributed by atoms with Gasteiger partial charge >= 0.3 is 0 Å². The van der Waals surface area contributed by atoms with Gasteiger partial charge in [-0.2, -0.15) is 0 Å². The summed E-state index contributed by atoms with van der Waals surface area (Å²) in [7, 11) is 0. The number of nitrogens with two attached hydrogens (primary N) is 1. The fraction of sp³-hybridized carbons (Fsp3) is 0.250. The highest BCUT2D eigenvalue weighted by molar-refractivity contribution is 5.38. The molecule has 94 valence electrons. The van der Waals surface area contributed by atoms with E-state index in [0.717, 1.165) is 11.3 Å². The molecule has 2 nitrogen and oxygen atoms in total. The first kappa shape index (κ1) is 12.7. The third kappa shape index (κ3) is 2.71. The van der Waals surface area contributed by atoms with Crippen LogP contribution in [0.1, 0.15) is 22.8 Å². The fourth-order valence-corrected chi connectivity index (χ4v) is 1.93. The van der Waals surface area contributed by atoms with Crippen molar-refractivity contribution in [1.82, 2.24) is 0 Å². The van der Waals surface area contributed by atoms with Crippen molar-refractivity contribution < 1.29 is 4.74 Å². The molecule has 2 rings (SSSR count). The van der Waals surface area contributed by atoms with Gasteiger partial charge in [-0.1, -0.05) is 42.5 Å². The van der Waals surface area contributed by atoms with Crippen LogP contribution in [0.25, 0.3) is 0 Å². The van der Waals surface area contributed by atoms with Crippen LogP contribution in [0, 0.1) is 13.8 Å². The van der Waals surface area contributed by atoms with Crippen LogP contribution in [0.3, 0.4) is 0 Å². The molecular weight excluding hydrogens is 222 g/mol. The lowest BCUT2D eigenvalue weighted by Gasteiger charge is -2.19. The van der Waals surface area contributed by atoms with E-state index in [0.29, 0.717) is 6.54 Å². The molecule has 0 heterocycles. The molecule has 0 aliphatic rings. The zero-order valence-electron chi connectivity index (χ0n) is 10.9. The van der Waals surface area contributed by atoms with E-state index in [1.165, 1.54) is 11.1 Å². The molecule has 0 fully saturated rings. The second kappa shape index (κ2) is 5.69. The van der Waals surface area contributed by atoms with Crippen LogP contribution < -0.4 is 10.5 Å². The largest absolute Gasteiger partial charge is 0.484 e. The Morgan fingerprint density at radius 3 is 2.39 bits per heavy atom. The fourth-order valence-electron chi connectivity index (χ4n) is 1.93. The topological polar surface area (TPSA) is 35.2 Å². The van der Waals surface area contributed by atoms with E-state index in [2.05, 4.69) is 19.9 Å². The predicted octanol–water partition coefficient (Wildman–Crippen LogP) is 3.38. The maximum atomic E-state index is 6.04. The number of aryl methyl sites for hydroxylation is 1. The Balaban J connectivity index is 2.24. The zero-order chi connectivity index (χ0) is 13.0. The van der Waals surface area contributed by atoms with Gasteiger partial charge in [0.05, 0.1) is 0 Å². The third-order valence-electron chi connectivity index (χ3n) is 3.21. The molecule has 2 heteroatoms. The minimum absolute atomic E-state index is 0.0910. The number of ether oxygens (including phenoxy) is 1. The van der Waals surface area contributed by atoms with E-state index in [1.54, 1.807) is 0 Å². The molecule has 0 saturated carbocycles. The van der Waals surface area contributed by atoms with Gasteiger partial charge in [0.15, 0.2) is 0 Å². The summed E-state index contributed by atoms with van der Waals surface area (Å²) in [6.07, 6.45) is -0.0910. The van der Waals surface area contributed by atoms with Crippen molar-refractivity contribution in [2.24, 2.45) is 5.73 Å². The number of hydrogen-bond acceptors (Lipinski definition) is 2. The molecule has 0 aromatic heterocycles. The van der Waals surface area contributed by atoms with E-state index >= 15 is 0 Å². The average Bonchev–Trinajstić information content (AvgIpc) is 2.41. The van der Waals surface area contributed by atoms with Crippen molar-refractivity contribution in [3.63, 3.8) is 0 Å². The van der Waals surface area contributed by atoms with Crippen LogP contribution in [-0.4, -0.2) is 6.54 Å². The Kier molecular flexibility index (Phi) is 4.00. The summed E-state index contributed by atoms with van der Waals surface area (Å²) in [5, 5.41) is 0. The third-order valence-corrected chi connectivity index (χ3v) is 3.21. The molecule has 2 aromatic rings. The highest BCUT2D eigenvalue weighted by Gasteiger charge is 2.12. The first-order valence-corrected chi connectivity index (χ1v) is 6.20. The molecule has 0 bridgehead atoms. The maximum absolute atomic E-state index is 6.04. The first-order chi connectivity index (χ1) is 8.72. The number of hydrogen-bond donors (Lipinski definition) is 1. The van der Waals surface area contributed by atoms with Gasteiger partial charge in [0, 0.05) is 6.54 Å². The van der Waals surface area contributed by atoms with E-state index in [-0.39, 0.29) is 6.10 Å². The first-order valence-electron chi connectivity index (χ1n) is 6.20. The summed E-state index contributed by atoms with van der Waals surface area (Å²) >= 11 is 0. The average molecular weight is 241 g/mol. The summed E-state index contributed by atoms with van der Waals surface area (Å²) < 4.78 is 6.04. The van der Waals surface area contributed by atoms with Gasteiger partial charge in [0.1, 0.15) is 11.9 Å². The molecule has 0 spiro atoms. The Bertz CT molecular complexity index is 508. The number of rotatable bonds is 4. The highest BCUT2D eigenvalue weighted by atomic mass is 16.5. The second-order valence-electron chi connectivity index (χ2n) is 4.45. The summed E-state index contributed by atoms with van der Waals surface area (Å²) in [5.74, 6) is 0.911. The van der Waals surface area contributed by atoms with Gasteiger partial charge in [-0.3, -0.25) is 0 Å². The number of benzene rings is 2. The van der Waals surface area contributed by atoms with Gasteiger partial charge in [-0.25, -0.2) is 0 Å². The Morgan fingerprint density at radius 2 is 1.72 bits per heavy atom. The van der Waals surface area contributed by atoms with Crippen molar-refractivity contribution in [1.29, 1.82) is 0 Å². The van der Waals surface area contributed by atoms with Crippen molar-refractivity contribution >= 4 is 0 Å². The normalized spacial score (nSPS) is 12.2. The van der Waals surface area contributed by atoms with Gasteiger partial charge in [0.2, 0.25) is 0 Å². The Morgan fingerprint density at radius 1 is 1.00 bits per heavy atom. The molecule has 1 unspecified atom stereocenters. The SMILES string of the molecule is Cc1cccc(OC(CN)c2ccccc2)c1C. The predicted molar refractivity (Wildman–Crippen MR) is 74.8 cm³/mol. The van der Waals surface area contributed by atoms with Gasteiger partial charge in [-0.05, 0) is 36.6 Å². The minimum atomic E-state index is -0.0910. The highest BCUT2D eigenvalue weighted by Crippen LogP contribution is 2.26. The van der Waals surface area contributed by atoms with Crippen LogP contribution in [0.4, 0.5) is 0 Å². The van der Waals surface area contributed by atoms with Crippen molar-refractivity contribution in [2.75, 3.05) is 6.54 Å². The molecule has 0 aliphatic heterocycles. The van der Waals surface area contributed by atoms with Crippen LogP contribution in [-0.2, 0) is 0 Å². The second-order valence-corrected chi connectivity index (χ2v) is 4.45. The smallest absolute Gasteiger partial charge is 0.136 e. The Labute approximate surface area is 108 Å². The molecular formula is C16H19NO. The summed E-state index contributed by atoms with van der Waals surface area (Å²) in [4.78, 5) is 0. The van der Waals surface area contributed by atoms with Gasteiger partial charge in [-0.15, -0.1) is 0 Å². The lowest BCUT2D eigenvalue weighted by molar-refractivity contribution is 0.212. The molecule has 18 heavy (non-hydrogen) atoms. The molecule has 2 aromatic carbocycles. The van der Waals surface area contributed by atoms with Crippen LogP contribution in [0.15, 0.2) is 48.5 Å². The van der Waals surface area contributed by atoms with E-state index in [9.17, 15) is 0 Å². The van der Waals surface area contributed by atoms with E-state index < -0.39 is 0 Å². The van der Waals surface area contributed by atoms with Crippen LogP contribution >= 0.6 is 0 Å². The monoisotopic (exact) mass is 241 g/mol. The van der Waals surface area contributed by atoms with Crippen LogP contribution in [0.2, 0.25) is 0 Å². The lowest BCUT2D eigenvalue weighted by atomic mass is 10.1. The molecule has 2 N–H and O–H groups in total. The lowest BCUT2D eigenvalue weighted by Crippen LogP contribution is -2.18. The molecule has 0 saturated heterocycles. The van der Waals surface area contributed by atoms with E-state index in [4.69, 9.17) is 10.5 Å². The Hall–Kier alpha value is -1.80. The molecule has 1 atom stereocenters. The van der Waals surface area contributed by atoms with Crippen molar-refractivity contribution in [3.05, 3.63) is 65.2 Å². The molecule has 0 aliphatic carbocycles. The van der Waals surface area contributed by atoms with Crippen LogP contribution in [0.5, 0.6) is 5.75 Å². The molecule has 0 radical (unpaired) electrons. The maximum Gasteiger partial charge on any atom is 0.136 e. The quantitative estimate of drug-likeness (QED) is 0.890.